The largest absolute Gasteiger partial charge is 0.467 e. The Labute approximate surface area is 98.3 Å². The molecule has 6 heteroatoms. The average molecular weight is 232 g/mol. The highest BCUT2D eigenvalue weighted by atomic mass is 16.5. The van der Waals surface area contributed by atoms with Crippen molar-refractivity contribution in [3.05, 3.63) is 35.4 Å². The lowest BCUT2D eigenvalue weighted by atomic mass is 10.3. The highest BCUT2D eigenvalue weighted by Crippen LogP contribution is 2.07. The quantitative estimate of drug-likeness (QED) is 0.772. The summed E-state index contributed by atoms with van der Waals surface area (Å²) in [6.45, 7) is 3.66. The third-order valence-electron chi connectivity index (χ3n) is 2.26. The van der Waals surface area contributed by atoms with Crippen LogP contribution in [0, 0.1) is 13.8 Å². The molecule has 0 saturated heterocycles. The van der Waals surface area contributed by atoms with Gasteiger partial charge in [0, 0.05) is 18.1 Å². The van der Waals surface area contributed by atoms with Gasteiger partial charge in [0.15, 0.2) is 0 Å². The molecule has 0 atom stereocenters. The molecule has 0 bridgehead atoms. The number of hydrogen-bond acceptors (Lipinski definition) is 5. The van der Waals surface area contributed by atoms with Crippen molar-refractivity contribution in [3.63, 3.8) is 0 Å². The Morgan fingerprint density at radius 1 is 1.29 bits per heavy atom. The second kappa shape index (κ2) is 4.32. The van der Waals surface area contributed by atoms with E-state index >= 15 is 0 Å². The van der Waals surface area contributed by atoms with Crippen LogP contribution in [0.3, 0.4) is 0 Å². The third-order valence-corrected chi connectivity index (χ3v) is 2.26. The van der Waals surface area contributed by atoms with Gasteiger partial charge in [-0.15, -0.1) is 0 Å². The SMILES string of the molecule is COc1ncc(C(=O)n2nc(C)cc2C)cn1. The minimum Gasteiger partial charge on any atom is -0.467 e. The number of hydrogen-bond donors (Lipinski definition) is 0. The first-order valence-corrected chi connectivity index (χ1v) is 5.06. The maximum absolute atomic E-state index is 12.1. The molecule has 0 aliphatic rings. The Hall–Kier alpha value is -2.24. The first kappa shape index (κ1) is 11.3. The number of rotatable bonds is 2. The molecule has 0 fully saturated rings. The van der Waals surface area contributed by atoms with Crippen LogP contribution in [-0.2, 0) is 0 Å². The monoisotopic (exact) mass is 232 g/mol. The van der Waals surface area contributed by atoms with Gasteiger partial charge in [0.25, 0.3) is 5.91 Å². The van der Waals surface area contributed by atoms with Crippen molar-refractivity contribution in [2.45, 2.75) is 13.8 Å². The van der Waals surface area contributed by atoms with E-state index in [9.17, 15) is 4.79 Å². The van der Waals surface area contributed by atoms with E-state index in [0.29, 0.717) is 5.56 Å². The van der Waals surface area contributed by atoms with Gasteiger partial charge >= 0.3 is 6.01 Å². The minimum atomic E-state index is -0.252. The zero-order valence-corrected chi connectivity index (χ0v) is 9.84. The number of carbonyl (C=O) groups is 1. The molecule has 0 spiro atoms. The summed E-state index contributed by atoms with van der Waals surface area (Å²) in [7, 11) is 1.47. The van der Waals surface area contributed by atoms with Gasteiger partial charge in [0.1, 0.15) is 0 Å². The van der Waals surface area contributed by atoms with E-state index in [1.54, 1.807) is 0 Å². The van der Waals surface area contributed by atoms with Crippen LogP contribution >= 0.6 is 0 Å². The number of nitrogens with zero attached hydrogens (tertiary/aromatic N) is 4. The first-order valence-electron chi connectivity index (χ1n) is 5.06. The van der Waals surface area contributed by atoms with Gasteiger partial charge in [-0.05, 0) is 19.9 Å². The van der Waals surface area contributed by atoms with Crippen molar-refractivity contribution < 1.29 is 9.53 Å². The average Bonchev–Trinajstić information content (AvgIpc) is 2.68. The Bertz CT molecular complexity index is 545. The van der Waals surface area contributed by atoms with Crippen LogP contribution in [0.15, 0.2) is 18.5 Å². The molecule has 88 valence electrons. The van der Waals surface area contributed by atoms with Crippen LogP contribution in [0.2, 0.25) is 0 Å². The van der Waals surface area contributed by atoms with Crippen LogP contribution in [0.4, 0.5) is 0 Å². The van der Waals surface area contributed by atoms with E-state index in [-0.39, 0.29) is 11.9 Å². The summed E-state index contributed by atoms with van der Waals surface area (Å²) in [5, 5.41) is 4.11. The molecule has 0 radical (unpaired) electrons. The van der Waals surface area contributed by atoms with Crippen LogP contribution in [0.5, 0.6) is 6.01 Å². The fourth-order valence-electron chi connectivity index (χ4n) is 1.49. The lowest BCUT2D eigenvalue weighted by Crippen LogP contribution is -2.16. The second-order valence-corrected chi connectivity index (χ2v) is 3.60. The zero-order chi connectivity index (χ0) is 12.4. The summed E-state index contributed by atoms with van der Waals surface area (Å²) in [4.78, 5) is 19.8. The fraction of sp³-hybridized carbons (Fsp3) is 0.273. The van der Waals surface area contributed by atoms with Crippen molar-refractivity contribution >= 4 is 5.91 Å². The number of methoxy groups -OCH3 is 1. The number of aryl methyl sites for hydroxylation is 2. The van der Waals surface area contributed by atoms with Gasteiger partial charge in [0.05, 0.1) is 18.4 Å². The second-order valence-electron chi connectivity index (χ2n) is 3.60. The standard InChI is InChI=1S/C11H12N4O2/c1-7-4-8(2)15(14-7)10(16)9-5-12-11(17-3)13-6-9/h4-6H,1-3H3. The number of carbonyl (C=O) groups excluding carboxylic acids is 1. The maximum Gasteiger partial charge on any atom is 0.316 e. The molecular formula is C11H12N4O2. The third kappa shape index (κ3) is 2.15. The summed E-state index contributed by atoms with van der Waals surface area (Å²) >= 11 is 0. The normalized spacial score (nSPS) is 10.3. The van der Waals surface area contributed by atoms with Crippen LogP contribution in [-0.4, -0.2) is 32.8 Å². The summed E-state index contributed by atoms with van der Waals surface area (Å²) < 4.78 is 6.16. The predicted octanol–water partition coefficient (Wildman–Crippen LogP) is 0.987. The Morgan fingerprint density at radius 2 is 1.94 bits per heavy atom. The van der Waals surface area contributed by atoms with E-state index in [1.165, 1.54) is 24.2 Å². The van der Waals surface area contributed by atoms with Gasteiger partial charge < -0.3 is 4.74 Å². The Balaban J connectivity index is 2.33. The molecule has 0 saturated carbocycles. The van der Waals surface area contributed by atoms with Crippen molar-refractivity contribution in [1.29, 1.82) is 0 Å². The van der Waals surface area contributed by atoms with E-state index in [1.807, 2.05) is 19.9 Å². The molecule has 0 N–H and O–H groups in total. The molecule has 0 aromatic carbocycles. The topological polar surface area (TPSA) is 69.9 Å². The van der Waals surface area contributed by atoms with Crippen molar-refractivity contribution in [2.75, 3.05) is 7.11 Å². The van der Waals surface area contributed by atoms with Crippen LogP contribution < -0.4 is 4.74 Å². The lowest BCUT2D eigenvalue weighted by molar-refractivity contribution is 0.0941. The van der Waals surface area contributed by atoms with Gasteiger partial charge in [0.2, 0.25) is 0 Å². The highest BCUT2D eigenvalue weighted by molar-refractivity contribution is 5.95. The van der Waals surface area contributed by atoms with Gasteiger partial charge in [-0.3, -0.25) is 4.79 Å². The molecule has 0 amide bonds. The highest BCUT2D eigenvalue weighted by Gasteiger charge is 2.13. The summed E-state index contributed by atoms with van der Waals surface area (Å²) in [6.07, 6.45) is 2.84. The van der Waals surface area contributed by atoms with E-state index < -0.39 is 0 Å². The smallest absolute Gasteiger partial charge is 0.316 e. The molecule has 2 aromatic rings. The Kier molecular flexibility index (Phi) is 2.86. The summed E-state index contributed by atoms with van der Waals surface area (Å²) in [6, 6.07) is 2.07. The lowest BCUT2D eigenvalue weighted by Gasteiger charge is -2.02. The molecule has 2 rings (SSSR count). The Morgan fingerprint density at radius 3 is 2.41 bits per heavy atom. The van der Waals surface area contributed by atoms with E-state index in [0.717, 1.165) is 11.4 Å². The minimum absolute atomic E-state index is 0.231. The van der Waals surface area contributed by atoms with E-state index in [4.69, 9.17) is 4.74 Å². The van der Waals surface area contributed by atoms with Gasteiger partial charge in [-0.25, -0.2) is 14.6 Å². The van der Waals surface area contributed by atoms with Gasteiger partial charge in [-0.2, -0.15) is 5.10 Å². The molecule has 2 heterocycles. The predicted molar refractivity (Wildman–Crippen MR) is 60.0 cm³/mol. The summed E-state index contributed by atoms with van der Waals surface area (Å²) in [5.41, 5.74) is 1.95. The first-order chi connectivity index (χ1) is 8.11. The molecule has 0 unspecified atom stereocenters. The number of ether oxygens (including phenoxy) is 1. The molecule has 0 aliphatic heterocycles. The molecular weight excluding hydrogens is 220 g/mol. The molecule has 2 aromatic heterocycles. The molecule has 17 heavy (non-hydrogen) atoms. The molecule has 6 nitrogen and oxygen atoms in total. The van der Waals surface area contributed by atoms with Crippen LogP contribution in [0.25, 0.3) is 0 Å². The van der Waals surface area contributed by atoms with Gasteiger partial charge in [-0.1, -0.05) is 0 Å². The summed E-state index contributed by atoms with van der Waals surface area (Å²) in [5.74, 6) is -0.252. The van der Waals surface area contributed by atoms with Crippen molar-refractivity contribution in [1.82, 2.24) is 19.7 Å². The maximum atomic E-state index is 12.1. The van der Waals surface area contributed by atoms with Crippen molar-refractivity contribution in [2.24, 2.45) is 0 Å². The van der Waals surface area contributed by atoms with E-state index in [2.05, 4.69) is 15.1 Å². The van der Waals surface area contributed by atoms with Crippen molar-refractivity contribution in [3.8, 4) is 6.01 Å². The van der Waals surface area contributed by atoms with Crippen LogP contribution in [0.1, 0.15) is 21.7 Å². The number of aromatic nitrogens is 4. The fourth-order valence-corrected chi connectivity index (χ4v) is 1.49. The zero-order valence-electron chi connectivity index (χ0n) is 9.84. The molecule has 0 aliphatic carbocycles.